The summed E-state index contributed by atoms with van der Waals surface area (Å²) in [6.07, 6.45) is 8.16. The number of hydrogen-bond donors (Lipinski definition) is 2. The van der Waals surface area contributed by atoms with Crippen LogP contribution in [0.2, 0.25) is 0 Å². The zero-order valence-electron chi connectivity index (χ0n) is 17.6. The van der Waals surface area contributed by atoms with Crippen LogP contribution in [0.25, 0.3) is 0 Å². The fraction of sp³-hybridized carbons (Fsp3) is 0.609. The summed E-state index contributed by atoms with van der Waals surface area (Å²) >= 11 is 1.46. The third-order valence-corrected chi connectivity index (χ3v) is 7.95. The van der Waals surface area contributed by atoms with E-state index in [2.05, 4.69) is 12.2 Å². The zero-order valence-corrected chi connectivity index (χ0v) is 18.5. The Labute approximate surface area is 180 Å². The Morgan fingerprint density at radius 1 is 1.23 bits per heavy atom. The number of amides is 1. The first-order valence-electron chi connectivity index (χ1n) is 10.9. The Morgan fingerprint density at radius 2 is 1.93 bits per heavy atom. The van der Waals surface area contributed by atoms with Gasteiger partial charge in [0.15, 0.2) is 0 Å². The fourth-order valence-electron chi connectivity index (χ4n) is 5.29. The number of fused-ring (bicyclic) bond motifs is 3. The molecule has 0 unspecified atom stereocenters. The van der Waals surface area contributed by atoms with Crippen LogP contribution in [0.3, 0.4) is 0 Å². The van der Waals surface area contributed by atoms with Gasteiger partial charge in [0.1, 0.15) is 5.00 Å². The summed E-state index contributed by atoms with van der Waals surface area (Å²) in [5, 5.41) is 13.1. The number of carboxylic acids is 1. The van der Waals surface area contributed by atoms with Crippen LogP contribution in [0, 0.1) is 29.6 Å². The maximum Gasteiger partial charge on any atom is 0.341 e. The Morgan fingerprint density at radius 3 is 2.57 bits per heavy atom. The Balaban J connectivity index is 1.64. The molecule has 1 amide bonds. The van der Waals surface area contributed by atoms with Crippen molar-refractivity contribution in [3.8, 4) is 0 Å². The van der Waals surface area contributed by atoms with Crippen LogP contribution in [0.15, 0.2) is 12.2 Å². The van der Waals surface area contributed by atoms with Gasteiger partial charge in [0.2, 0.25) is 5.91 Å². The molecule has 1 aromatic heterocycles. The number of allylic oxidation sites excluding steroid dienone is 2. The molecular weight excluding hydrogens is 402 g/mol. The maximum atomic E-state index is 13.2. The van der Waals surface area contributed by atoms with Crippen molar-refractivity contribution in [2.24, 2.45) is 29.6 Å². The molecular formula is C23H29NO5S. The molecule has 1 saturated carbocycles. The summed E-state index contributed by atoms with van der Waals surface area (Å²) in [5.74, 6) is -2.50. The molecule has 3 aliphatic rings. The molecule has 30 heavy (non-hydrogen) atoms. The maximum absolute atomic E-state index is 13.2. The van der Waals surface area contributed by atoms with Crippen molar-refractivity contribution < 1.29 is 24.2 Å². The molecule has 4 rings (SSSR count). The van der Waals surface area contributed by atoms with E-state index in [9.17, 15) is 19.5 Å². The lowest BCUT2D eigenvalue weighted by Gasteiger charge is -2.23. The second-order valence-electron chi connectivity index (χ2n) is 9.01. The Bertz CT molecular complexity index is 902. The molecule has 0 aromatic carbocycles. The van der Waals surface area contributed by atoms with Crippen molar-refractivity contribution in [3.63, 3.8) is 0 Å². The number of carboxylic acid groups (broad SMARTS) is 1. The van der Waals surface area contributed by atoms with E-state index in [-0.39, 0.29) is 23.8 Å². The van der Waals surface area contributed by atoms with Crippen LogP contribution >= 0.6 is 11.3 Å². The molecule has 3 aliphatic carbocycles. The molecule has 2 bridgehead atoms. The quantitative estimate of drug-likeness (QED) is 0.518. The van der Waals surface area contributed by atoms with E-state index in [0.717, 1.165) is 36.1 Å². The fourth-order valence-corrected chi connectivity index (χ4v) is 6.64. The zero-order chi connectivity index (χ0) is 21.6. The average Bonchev–Trinajstić information content (AvgIpc) is 3.38. The van der Waals surface area contributed by atoms with Gasteiger partial charge in [0, 0.05) is 4.88 Å². The minimum Gasteiger partial charge on any atom is -0.481 e. The minimum absolute atomic E-state index is 0.0544. The van der Waals surface area contributed by atoms with Crippen LogP contribution in [0.1, 0.15) is 60.8 Å². The summed E-state index contributed by atoms with van der Waals surface area (Å²) in [6.45, 7) is 5.79. The van der Waals surface area contributed by atoms with Gasteiger partial charge in [-0.25, -0.2) is 4.79 Å². The number of anilines is 1. The third-order valence-electron chi connectivity index (χ3n) is 6.78. The molecule has 0 saturated heterocycles. The van der Waals surface area contributed by atoms with Crippen LogP contribution in [0.4, 0.5) is 5.00 Å². The van der Waals surface area contributed by atoms with Gasteiger partial charge in [-0.3, -0.25) is 9.59 Å². The summed E-state index contributed by atoms with van der Waals surface area (Å²) in [5.41, 5.74) is 1.46. The van der Waals surface area contributed by atoms with Crippen LogP contribution in [0.5, 0.6) is 0 Å². The molecule has 5 atom stereocenters. The number of carbonyl (C=O) groups excluding carboxylic acids is 2. The van der Waals surface area contributed by atoms with E-state index in [4.69, 9.17) is 4.74 Å². The van der Waals surface area contributed by atoms with Crippen LogP contribution < -0.4 is 5.32 Å². The number of carbonyl (C=O) groups is 3. The van der Waals surface area contributed by atoms with Crippen molar-refractivity contribution in [2.45, 2.75) is 59.0 Å². The van der Waals surface area contributed by atoms with E-state index in [1.807, 2.05) is 12.2 Å². The van der Waals surface area contributed by atoms with Crippen molar-refractivity contribution in [1.29, 1.82) is 0 Å². The van der Waals surface area contributed by atoms with E-state index < -0.39 is 23.8 Å². The first-order chi connectivity index (χ1) is 14.3. The highest BCUT2D eigenvalue weighted by atomic mass is 32.1. The molecule has 1 aromatic rings. The number of rotatable bonds is 6. The van der Waals surface area contributed by atoms with E-state index >= 15 is 0 Å². The molecule has 1 heterocycles. The SMILES string of the molecule is CC[C@@H]1CCc2c(sc(NC(=O)[C@H]3[C@@H](C(=O)O)[C@H]4C=C[C@@H]3C4)c2C(=O)OC(C)C)C1. The number of nitrogens with one attached hydrogen (secondary N) is 1. The Kier molecular flexibility index (Phi) is 5.75. The van der Waals surface area contributed by atoms with E-state index in [1.165, 1.54) is 11.3 Å². The van der Waals surface area contributed by atoms with Gasteiger partial charge in [0.25, 0.3) is 0 Å². The molecule has 0 spiro atoms. The minimum atomic E-state index is -0.928. The molecule has 7 heteroatoms. The lowest BCUT2D eigenvalue weighted by Crippen LogP contribution is -2.36. The smallest absolute Gasteiger partial charge is 0.341 e. The normalized spacial score (nSPS) is 29.1. The largest absolute Gasteiger partial charge is 0.481 e. The van der Waals surface area contributed by atoms with Gasteiger partial charge in [-0.2, -0.15) is 0 Å². The molecule has 162 valence electrons. The average molecular weight is 432 g/mol. The monoisotopic (exact) mass is 431 g/mol. The molecule has 0 radical (unpaired) electrons. The number of ether oxygens (including phenoxy) is 1. The molecule has 6 nitrogen and oxygen atoms in total. The van der Waals surface area contributed by atoms with Gasteiger partial charge in [0.05, 0.1) is 23.5 Å². The predicted octanol–water partition coefficient (Wildman–Crippen LogP) is 4.29. The van der Waals surface area contributed by atoms with Crippen molar-refractivity contribution in [2.75, 3.05) is 5.32 Å². The lowest BCUT2D eigenvalue weighted by atomic mass is 9.82. The molecule has 2 N–H and O–H groups in total. The highest BCUT2D eigenvalue weighted by Crippen LogP contribution is 2.49. The summed E-state index contributed by atoms with van der Waals surface area (Å²) in [4.78, 5) is 39.0. The summed E-state index contributed by atoms with van der Waals surface area (Å²) in [6, 6.07) is 0. The van der Waals surface area contributed by atoms with Crippen LogP contribution in [-0.4, -0.2) is 29.1 Å². The third kappa shape index (κ3) is 3.68. The highest BCUT2D eigenvalue weighted by molar-refractivity contribution is 7.17. The van der Waals surface area contributed by atoms with Gasteiger partial charge in [-0.1, -0.05) is 25.5 Å². The van der Waals surface area contributed by atoms with Crippen LogP contribution in [-0.2, 0) is 27.2 Å². The number of hydrogen-bond acceptors (Lipinski definition) is 5. The van der Waals surface area contributed by atoms with Gasteiger partial charge >= 0.3 is 11.9 Å². The van der Waals surface area contributed by atoms with Gasteiger partial charge in [-0.05, 0) is 62.8 Å². The predicted molar refractivity (Wildman–Crippen MR) is 115 cm³/mol. The number of thiophene rings is 1. The van der Waals surface area contributed by atoms with Crippen molar-refractivity contribution in [3.05, 3.63) is 28.2 Å². The topological polar surface area (TPSA) is 92.7 Å². The summed E-state index contributed by atoms with van der Waals surface area (Å²) < 4.78 is 5.48. The number of aliphatic carboxylic acids is 1. The first kappa shape index (κ1) is 21.1. The number of esters is 1. The lowest BCUT2D eigenvalue weighted by molar-refractivity contribution is -0.146. The Hall–Kier alpha value is -2.15. The van der Waals surface area contributed by atoms with Gasteiger partial charge < -0.3 is 15.2 Å². The standard InChI is InChI=1S/C23H29NO5S/c1-4-12-5-8-15-16(9-12)30-21(19(15)23(28)29-11(2)3)24-20(25)17-13-6-7-14(10-13)18(17)22(26)27/h6-7,11-14,17-18H,4-5,8-10H2,1-3H3,(H,24,25)(H,26,27)/t12-,13-,14+,17-,18+/m1/s1. The van der Waals surface area contributed by atoms with Gasteiger partial charge in [-0.15, -0.1) is 11.3 Å². The van der Waals surface area contributed by atoms with E-state index in [0.29, 0.717) is 22.9 Å². The second kappa shape index (κ2) is 8.17. The second-order valence-corrected chi connectivity index (χ2v) is 10.1. The highest BCUT2D eigenvalue weighted by Gasteiger charge is 2.52. The summed E-state index contributed by atoms with van der Waals surface area (Å²) in [7, 11) is 0. The van der Waals surface area contributed by atoms with Crippen molar-refractivity contribution in [1.82, 2.24) is 0 Å². The van der Waals surface area contributed by atoms with E-state index in [1.54, 1.807) is 13.8 Å². The molecule has 0 aliphatic heterocycles. The first-order valence-corrected chi connectivity index (χ1v) is 11.7. The molecule has 1 fully saturated rings. The van der Waals surface area contributed by atoms with Crippen molar-refractivity contribution >= 4 is 34.2 Å².